The Bertz CT molecular complexity index is 757. The zero-order valence-electron chi connectivity index (χ0n) is 11.3. The van der Waals surface area contributed by atoms with Gasteiger partial charge in [0.2, 0.25) is 0 Å². The minimum atomic E-state index is -0.421. The maximum absolute atomic E-state index is 13.8. The number of benzene rings is 1. The number of thiazole rings is 1. The van der Waals surface area contributed by atoms with E-state index in [0.29, 0.717) is 12.1 Å². The smallest absolute Gasteiger partial charge is 0.167 e. The maximum atomic E-state index is 13.8. The molecule has 4 nitrogen and oxygen atoms in total. The summed E-state index contributed by atoms with van der Waals surface area (Å²) in [7, 11) is 1.45. The van der Waals surface area contributed by atoms with Crippen molar-refractivity contribution in [2.75, 3.05) is 7.11 Å². The zero-order chi connectivity index (χ0) is 14.8. The summed E-state index contributed by atoms with van der Waals surface area (Å²) >= 11 is 7.52. The van der Waals surface area contributed by atoms with Crippen LogP contribution >= 0.6 is 22.9 Å². The summed E-state index contributed by atoms with van der Waals surface area (Å²) in [4.78, 5) is 8.65. The second-order valence-electron chi connectivity index (χ2n) is 4.52. The van der Waals surface area contributed by atoms with Crippen molar-refractivity contribution in [1.82, 2.24) is 14.5 Å². The molecule has 0 spiro atoms. The Morgan fingerprint density at radius 2 is 2.29 bits per heavy atom. The molecule has 0 saturated heterocycles. The lowest BCUT2D eigenvalue weighted by atomic mass is 10.2. The molecule has 110 valence electrons. The molecule has 0 amide bonds. The summed E-state index contributed by atoms with van der Waals surface area (Å²) in [5, 5.41) is 2.01. The van der Waals surface area contributed by atoms with Gasteiger partial charge in [0, 0.05) is 30.5 Å². The first-order valence-electron chi connectivity index (χ1n) is 6.38. The number of rotatable bonds is 5. The molecule has 0 aliphatic heterocycles. The van der Waals surface area contributed by atoms with Crippen LogP contribution in [0.4, 0.5) is 4.39 Å². The minimum absolute atomic E-state index is 0.207. The highest BCUT2D eigenvalue weighted by molar-refractivity contribution is 7.07. The van der Waals surface area contributed by atoms with E-state index in [9.17, 15) is 4.39 Å². The van der Waals surface area contributed by atoms with Crippen molar-refractivity contribution in [1.29, 1.82) is 0 Å². The predicted octanol–water partition coefficient (Wildman–Crippen LogP) is 3.62. The molecule has 1 aromatic carbocycles. The number of aromatic nitrogens is 3. The van der Waals surface area contributed by atoms with Gasteiger partial charge in [0.15, 0.2) is 11.6 Å². The molecule has 2 heterocycles. The third kappa shape index (κ3) is 2.73. The van der Waals surface area contributed by atoms with Gasteiger partial charge in [0.1, 0.15) is 5.82 Å². The van der Waals surface area contributed by atoms with E-state index in [1.807, 2.05) is 15.5 Å². The van der Waals surface area contributed by atoms with Crippen LogP contribution in [-0.4, -0.2) is 21.6 Å². The monoisotopic (exact) mass is 325 g/mol. The van der Waals surface area contributed by atoms with Crippen LogP contribution in [0.1, 0.15) is 11.5 Å². The number of alkyl halides is 1. The molecule has 0 N–H and O–H groups in total. The number of nitrogens with zero attached hydrogens (tertiary/aromatic N) is 3. The van der Waals surface area contributed by atoms with Crippen molar-refractivity contribution in [2.24, 2.45) is 0 Å². The average Bonchev–Trinajstić information content (AvgIpc) is 3.11. The second-order valence-corrected chi connectivity index (χ2v) is 5.50. The van der Waals surface area contributed by atoms with Gasteiger partial charge in [-0.2, -0.15) is 0 Å². The van der Waals surface area contributed by atoms with E-state index in [-0.39, 0.29) is 11.6 Å². The van der Waals surface area contributed by atoms with Crippen molar-refractivity contribution < 1.29 is 9.13 Å². The Balaban J connectivity index is 2.01. The van der Waals surface area contributed by atoms with Gasteiger partial charge in [-0.15, -0.1) is 22.9 Å². The van der Waals surface area contributed by atoms with E-state index in [0.717, 1.165) is 23.5 Å². The molecule has 0 radical (unpaired) electrons. The zero-order valence-corrected chi connectivity index (χ0v) is 12.9. The molecule has 0 aliphatic rings. The number of ether oxygens (including phenoxy) is 1. The fourth-order valence-corrected chi connectivity index (χ4v) is 3.07. The van der Waals surface area contributed by atoms with Crippen LogP contribution in [0.3, 0.4) is 0 Å². The summed E-state index contributed by atoms with van der Waals surface area (Å²) in [6.45, 7) is 0.692. The Labute approximate surface area is 130 Å². The number of fused-ring (bicyclic) bond motifs is 1. The van der Waals surface area contributed by atoms with Crippen LogP contribution in [0.5, 0.6) is 5.75 Å². The Hall–Kier alpha value is -1.66. The highest BCUT2D eigenvalue weighted by Crippen LogP contribution is 2.26. The van der Waals surface area contributed by atoms with Crippen LogP contribution in [0.2, 0.25) is 0 Å². The molecule has 0 atom stereocenters. The standard InChI is InChI=1S/C14H13ClFN3OS/c1-20-13-5-12-11(4-10(13)16)18-14(6-15)19(12)3-2-9-7-21-8-17-9/h4-5,7-8H,2-3,6H2,1H3. The largest absolute Gasteiger partial charge is 0.494 e. The summed E-state index contributed by atoms with van der Waals surface area (Å²) < 4.78 is 20.8. The molecule has 0 aliphatic carbocycles. The van der Waals surface area contributed by atoms with Crippen LogP contribution in [0.25, 0.3) is 11.0 Å². The fourth-order valence-electron chi connectivity index (χ4n) is 2.27. The number of hydrogen-bond donors (Lipinski definition) is 0. The number of halogens is 2. The van der Waals surface area contributed by atoms with Gasteiger partial charge in [-0.25, -0.2) is 14.4 Å². The van der Waals surface area contributed by atoms with E-state index < -0.39 is 5.82 Å². The highest BCUT2D eigenvalue weighted by Gasteiger charge is 2.14. The van der Waals surface area contributed by atoms with Crippen molar-refractivity contribution in [3.05, 3.63) is 40.4 Å². The van der Waals surface area contributed by atoms with Gasteiger partial charge in [-0.1, -0.05) is 0 Å². The molecule has 0 unspecified atom stereocenters. The number of aryl methyl sites for hydroxylation is 2. The highest BCUT2D eigenvalue weighted by atomic mass is 35.5. The van der Waals surface area contributed by atoms with E-state index >= 15 is 0 Å². The van der Waals surface area contributed by atoms with Crippen molar-refractivity contribution in [3.63, 3.8) is 0 Å². The molecule has 0 saturated carbocycles. The van der Waals surface area contributed by atoms with Crippen molar-refractivity contribution >= 4 is 34.0 Å². The molecular formula is C14H13ClFN3OS. The van der Waals surface area contributed by atoms with Gasteiger partial charge >= 0.3 is 0 Å². The SMILES string of the molecule is COc1cc2c(cc1F)nc(CCl)n2CCc1cscn1. The Morgan fingerprint density at radius 1 is 1.43 bits per heavy atom. The van der Waals surface area contributed by atoms with E-state index in [2.05, 4.69) is 9.97 Å². The molecule has 0 fully saturated rings. The Morgan fingerprint density at radius 3 is 2.95 bits per heavy atom. The Kier molecular flexibility index (Phi) is 4.07. The molecule has 21 heavy (non-hydrogen) atoms. The summed E-state index contributed by atoms with van der Waals surface area (Å²) in [6.07, 6.45) is 0.776. The number of methoxy groups -OCH3 is 1. The van der Waals surface area contributed by atoms with Gasteiger partial charge in [0.05, 0.1) is 35.2 Å². The fraction of sp³-hybridized carbons (Fsp3) is 0.286. The summed E-state index contributed by atoms with van der Waals surface area (Å²) in [5.74, 6) is 0.777. The van der Waals surface area contributed by atoms with Crippen molar-refractivity contribution in [3.8, 4) is 5.75 Å². The van der Waals surface area contributed by atoms with Crippen molar-refractivity contribution in [2.45, 2.75) is 18.8 Å². The molecule has 0 bridgehead atoms. The van der Waals surface area contributed by atoms with E-state index in [1.54, 1.807) is 17.4 Å². The average molecular weight is 326 g/mol. The first-order valence-corrected chi connectivity index (χ1v) is 7.86. The number of hydrogen-bond acceptors (Lipinski definition) is 4. The third-order valence-corrected chi connectivity index (χ3v) is 4.17. The van der Waals surface area contributed by atoms with E-state index in [1.165, 1.54) is 13.2 Å². The molecular weight excluding hydrogens is 313 g/mol. The molecule has 7 heteroatoms. The quantitative estimate of drug-likeness (QED) is 0.673. The molecule has 3 aromatic rings. The summed E-state index contributed by atoms with van der Waals surface area (Å²) in [5.41, 5.74) is 4.24. The first-order chi connectivity index (χ1) is 10.2. The second kappa shape index (κ2) is 5.99. The summed E-state index contributed by atoms with van der Waals surface area (Å²) in [6, 6.07) is 3.04. The normalized spacial score (nSPS) is 11.2. The number of imidazole rings is 1. The van der Waals surface area contributed by atoms with Gasteiger partial charge in [-0.05, 0) is 0 Å². The van der Waals surface area contributed by atoms with Crippen LogP contribution in [0.15, 0.2) is 23.0 Å². The van der Waals surface area contributed by atoms with Crippen LogP contribution in [-0.2, 0) is 18.8 Å². The van der Waals surface area contributed by atoms with E-state index in [4.69, 9.17) is 16.3 Å². The molecule has 2 aromatic heterocycles. The minimum Gasteiger partial charge on any atom is -0.494 e. The lowest BCUT2D eigenvalue weighted by molar-refractivity contribution is 0.387. The van der Waals surface area contributed by atoms with Gasteiger partial charge < -0.3 is 9.30 Å². The van der Waals surface area contributed by atoms with Gasteiger partial charge in [0.25, 0.3) is 0 Å². The van der Waals surface area contributed by atoms with Gasteiger partial charge in [-0.3, -0.25) is 0 Å². The first kappa shape index (κ1) is 14.3. The third-order valence-electron chi connectivity index (χ3n) is 3.30. The maximum Gasteiger partial charge on any atom is 0.167 e. The van der Waals surface area contributed by atoms with Crippen LogP contribution < -0.4 is 4.74 Å². The topological polar surface area (TPSA) is 39.9 Å². The lowest BCUT2D eigenvalue weighted by Crippen LogP contribution is -2.05. The predicted molar refractivity (Wildman–Crippen MR) is 81.6 cm³/mol. The van der Waals surface area contributed by atoms with Crippen LogP contribution in [0, 0.1) is 5.82 Å². The molecule has 3 rings (SSSR count). The lowest BCUT2D eigenvalue weighted by Gasteiger charge is -2.08.